The highest BCUT2D eigenvalue weighted by molar-refractivity contribution is 6.30. The van der Waals surface area contributed by atoms with Gasteiger partial charge in [0.25, 0.3) is 5.91 Å². The maximum absolute atomic E-state index is 12.8. The van der Waals surface area contributed by atoms with Gasteiger partial charge in [0, 0.05) is 62.2 Å². The summed E-state index contributed by atoms with van der Waals surface area (Å²) in [5.41, 5.74) is 3.88. The number of methoxy groups -OCH3 is 1. The van der Waals surface area contributed by atoms with E-state index in [2.05, 4.69) is 19.8 Å². The Hall–Kier alpha value is -3.24. The van der Waals surface area contributed by atoms with Crippen LogP contribution in [-0.2, 0) is 16.0 Å². The molecular formula is C26H29ClN6O3. The maximum Gasteiger partial charge on any atom is 0.251 e. The summed E-state index contributed by atoms with van der Waals surface area (Å²) in [6, 6.07) is 13.1. The van der Waals surface area contributed by atoms with Crippen molar-refractivity contribution in [3.8, 4) is 22.9 Å². The number of aromatic amines is 1. The van der Waals surface area contributed by atoms with Gasteiger partial charge in [-0.1, -0.05) is 11.6 Å². The van der Waals surface area contributed by atoms with Crippen LogP contribution in [0.4, 0.5) is 0 Å². The number of imidazole rings is 2. The molecule has 0 atom stereocenters. The molecule has 1 saturated heterocycles. The van der Waals surface area contributed by atoms with Crippen molar-refractivity contribution in [2.75, 3.05) is 53.1 Å². The van der Waals surface area contributed by atoms with Crippen molar-refractivity contribution < 1.29 is 14.3 Å². The largest absolute Gasteiger partial charge is 0.383 e. The Balaban J connectivity index is 1.37. The molecule has 2 N–H and O–H groups in total. The number of hydrogen-bond acceptors (Lipinski definition) is 6. The number of nitrogens with zero attached hydrogens (tertiary/aromatic N) is 4. The van der Waals surface area contributed by atoms with Crippen molar-refractivity contribution in [2.24, 2.45) is 0 Å². The molecule has 3 heterocycles. The minimum absolute atomic E-state index is 0.108. The molecule has 2 aromatic carbocycles. The molecule has 0 spiro atoms. The summed E-state index contributed by atoms with van der Waals surface area (Å²) in [5, 5.41) is 3.69. The standard InChI is InChI=1S/C26H29ClN6O3/c1-35-13-12-33-23-7-4-19(26(34)28-8-9-32-10-14-36-15-11-32)16-21(23)31-25(33)22-17-29-24(30-22)18-2-5-20(27)6-3-18/h2-7,16-17H,8-15H2,1H3,(H,28,34)(H,29,30). The second kappa shape index (κ2) is 11.2. The van der Waals surface area contributed by atoms with Crippen LogP contribution in [0.25, 0.3) is 33.9 Å². The van der Waals surface area contributed by atoms with Crippen LogP contribution in [0.2, 0.25) is 5.02 Å². The van der Waals surface area contributed by atoms with E-state index in [4.69, 9.17) is 31.0 Å². The molecule has 0 saturated carbocycles. The summed E-state index contributed by atoms with van der Waals surface area (Å²) in [7, 11) is 1.67. The van der Waals surface area contributed by atoms with Gasteiger partial charge in [0.1, 0.15) is 11.5 Å². The SMILES string of the molecule is COCCn1c(-c2c[nH]c(-c3ccc(Cl)cc3)n2)nc2cc(C(=O)NCCN3CCOCC3)ccc21. The first-order valence-electron chi connectivity index (χ1n) is 12.0. The van der Waals surface area contributed by atoms with Crippen LogP contribution in [-0.4, -0.2) is 83.4 Å². The lowest BCUT2D eigenvalue weighted by atomic mass is 10.2. The Bertz CT molecular complexity index is 1330. The second-order valence-electron chi connectivity index (χ2n) is 8.63. The number of amides is 1. The number of H-pyrrole nitrogens is 1. The highest BCUT2D eigenvalue weighted by Crippen LogP contribution is 2.27. The van der Waals surface area contributed by atoms with Crippen molar-refractivity contribution >= 4 is 28.5 Å². The fourth-order valence-electron chi connectivity index (χ4n) is 4.32. The first-order chi connectivity index (χ1) is 17.6. The predicted molar refractivity (Wildman–Crippen MR) is 139 cm³/mol. The van der Waals surface area contributed by atoms with Crippen molar-refractivity contribution in [1.29, 1.82) is 0 Å². The lowest BCUT2D eigenvalue weighted by Gasteiger charge is -2.26. The van der Waals surface area contributed by atoms with Crippen molar-refractivity contribution in [3.63, 3.8) is 0 Å². The molecule has 36 heavy (non-hydrogen) atoms. The average Bonchev–Trinajstić information content (AvgIpc) is 3.53. The molecule has 1 amide bonds. The molecule has 1 aliphatic heterocycles. The Labute approximate surface area is 214 Å². The number of hydrogen-bond donors (Lipinski definition) is 2. The topological polar surface area (TPSA) is 97.3 Å². The summed E-state index contributed by atoms with van der Waals surface area (Å²) in [6.45, 7) is 5.82. The number of rotatable bonds is 9. The molecule has 9 nitrogen and oxygen atoms in total. The molecule has 5 rings (SSSR count). The van der Waals surface area contributed by atoms with Crippen molar-refractivity contribution in [1.82, 2.24) is 29.7 Å². The molecule has 2 aromatic heterocycles. The average molecular weight is 509 g/mol. The van der Waals surface area contributed by atoms with Gasteiger partial charge < -0.3 is 24.3 Å². The van der Waals surface area contributed by atoms with Crippen LogP contribution in [0.5, 0.6) is 0 Å². The quantitative estimate of drug-likeness (QED) is 0.359. The molecule has 188 valence electrons. The van der Waals surface area contributed by atoms with Crippen LogP contribution < -0.4 is 5.32 Å². The monoisotopic (exact) mass is 508 g/mol. The van der Waals surface area contributed by atoms with Gasteiger partial charge in [0.2, 0.25) is 0 Å². The summed E-state index contributed by atoms with van der Waals surface area (Å²) in [4.78, 5) is 28.0. The molecule has 1 fully saturated rings. The molecule has 1 aliphatic rings. The third kappa shape index (κ3) is 5.44. The zero-order valence-electron chi connectivity index (χ0n) is 20.2. The van der Waals surface area contributed by atoms with Gasteiger partial charge in [-0.25, -0.2) is 9.97 Å². The van der Waals surface area contributed by atoms with E-state index in [0.717, 1.165) is 55.3 Å². The number of ether oxygens (including phenoxy) is 2. The van der Waals surface area contributed by atoms with Gasteiger partial charge in [-0.3, -0.25) is 9.69 Å². The van der Waals surface area contributed by atoms with Crippen LogP contribution in [0, 0.1) is 0 Å². The smallest absolute Gasteiger partial charge is 0.251 e. The Morgan fingerprint density at radius 2 is 1.94 bits per heavy atom. The molecule has 10 heteroatoms. The van der Waals surface area contributed by atoms with Crippen LogP contribution in [0.1, 0.15) is 10.4 Å². The highest BCUT2D eigenvalue weighted by atomic mass is 35.5. The van der Waals surface area contributed by atoms with Gasteiger partial charge in [0.15, 0.2) is 5.82 Å². The van der Waals surface area contributed by atoms with E-state index >= 15 is 0 Å². The van der Waals surface area contributed by atoms with Gasteiger partial charge in [0.05, 0.1) is 30.9 Å². The van der Waals surface area contributed by atoms with E-state index in [9.17, 15) is 4.79 Å². The van der Waals surface area contributed by atoms with E-state index in [0.29, 0.717) is 41.8 Å². The van der Waals surface area contributed by atoms with E-state index in [-0.39, 0.29) is 5.91 Å². The minimum atomic E-state index is -0.108. The lowest BCUT2D eigenvalue weighted by Crippen LogP contribution is -2.41. The molecule has 0 aliphatic carbocycles. The summed E-state index contributed by atoms with van der Waals surface area (Å²) in [5.74, 6) is 1.33. The third-order valence-electron chi connectivity index (χ3n) is 6.27. The van der Waals surface area contributed by atoms with E-state index in [1.54, 1.807) is 7.11 Å². The van der Waals surface area contributed by atoms with Gasteiger partial charge in [-0.15, -0.1) is 0 Å². The van der Waals surface area contributed by atoms with Crippen molar-refractivity contribution in [3.05, 3.63) is 59.2 Å². The Kier molecular flexibility index (Phi) is 7.62. The molecule has 0 bridgehead atoms. The number of carbonyl (C=O) groups is 1. The highest BCUT2D eigenvalue weighted by Gasteiger charge is 2.18. The number of carbonyl (C=O) groups excluding carboxylic acids is 1. The predicted octanol–water partition coefficient (Wildman–Crippen LogP) is 3.46. The number of fused-ring (bicyclic) bond motifs is 1. The lowest BCUT2D eigenvalue weighted by molar-refractivity contribution is 0.0383. The Morgan fingerprint density at radius 3 is 2.72 bits per heavy atom. The zero-order valence-corrected chi connectivity index (χ0v) is 20.9. The van der Waals surface area contributed by atoms with E-state index in [1.807, 2.05) is 48.7 Å². The molecular weight excluding hydrogens is 480 g/mol. The first-order valence-corrected chi connectivity index (χ1v) is 12.4. The summed E-state index contributed by atoms with van der Waals surface area (Å²) in [6.07, 6.45) is 1.84. The maximum atomic E-state index is 12.8. The molecule has 0 unspecified atom stereocenters. The summed E-state index contributed by atoms with van der Waals surface area (Å²) < 4.78 is 12.8. The number of benzene rings is 2. The third-order valence-corrected chi connectivity index (χ3v) is 6.52. The van der Waals surface area contributed by atoms with Crippen LogP contribution in [0.15, 0.2) is 48.7 Å². The van der Waals surface area contributed by atoms with Crippen molar-refractivity contribution in [2.45, 2.75) is 6.54 Å². The Morgan fingerprint density at radius 1 is 1.14 bits per heavy atom. The number of morpholine rings is 1. The zero-order chi connectivity index (χ0) is 24.9. The first kappa shape index (κ1) is 24.5. The van der Waals surface area contributed by atoms with E-state index < -0.39 is 0 Å². The molecule has 0 radical (unpaired) electrons. The number of halogens is 1. The van der Waals surface area contributed by atoms with Crippen LogP contribution in [0.3, 0.4) is 0 Å². The van der Waals surface area contributed by atoms with Gasteiger partial charge in [-0.2, -0.15) is 0 Å². The fraction of sp³-hybridized carbons (Fsp3) is 0.346. The number of nitrogens with one attached hydrogen (secondary N) is 2. The van der Waals surface area contributed by atoms with Gasteiger partial charge in [-0.05, 0) is 42.5 Å². The minimum Gasteiger partial charge on any atom is -0.383 e. The van der Waals surface area contributed by atoms with Crippen LogP contribution >= 0.6 is 11.6 Å². The van der Waals surface area contributed by atoms with Gasteiger partial charge >= 0.3 is 0 Å². The fourth-order valence-corrected chi connectivity index (χ4v) is 4.45. The van der Waals surface area contributed by atoms with E-state index in [1.165, 1.54) is 0 Å². The number of aromatic nitrogens is 4. The summed E-state index contributed by atoms with van der Waals surface area (Å²) >= 11 is 6.02. The normalized spacial score (nSPS) is 14.4. The second-order valence-corrected chi connectivity index (χ2v) is 9.07. The molecule has 4 aromatic rings.